The number of aliphatic hydroxyl groups is 2. The summed E-state index contributed by atoms with van der Waals surface area (Å²) in [5, 5.41) is 20.6. The molecule has 0 radical (unpaired) electrons. The van der Waals surface area contributed by atoms with Crippen molar-refractivity contribution >= 4 is 7.82 Å². The van der Waals surface area contributed by atoms with Gasteiger partial charge in [0.15, 0.2) is 0 Å². The van der Waals surface area contributed by atoms with Gasteiger partial charge in [0, 0.05) is 36.4 Å². The lowest BCUT2D eigenvalue weighted by molar-refractivity contribution is -0.0606. The molecule has 2 fully saturated rings. The van der Waals surface area contributed by atoms with Crippen molar-refractivity contribution in [1.29, 1.82) is 0 Å². The smallest absolute Gasteiger partial charge is 0.394 e. The van der Waals surface area contributed by atoms with Crippen LogP contribution in [0.1, 0.15) is 42.0 Å². The number of aryl methyl sites for hydroxylation is 2. The van der Waals surface area contributed by atoms with E-state index in [2.05, 4.69) is 9.97 Å². The molecule has 16 nitrogen and oxygen atoms in total. The van der Waals surface area contributed by atoms with Crippen LogP contribution in [0.15, 0.2) is 61.9 Å². The zero-order chi connectivity index (χ0) is 31.6. The standard InChI is InChI=1S/C27H33N4O12P/c1-15-10-30(26(36)28-24(15)34)22-8-18(33)21(42-22)14-40-44(38,39-13-17-6-4-3-5-7-17)43-19-9-23(41-20(19)12-32)31-11-16(2)25(35)29-27(31)37/h3-7,10-11,18-23,32-33H,8-9,12-14H2,1-2H3,(H,28,34,36)(H,29,35,37)/t18-,19-,20+,21+,22+,23+,44?/m0/s1. The number of hydrogen-bond acceptors (Lipinski definition) is 12. The van der Waals surface area contributed by atoms with Crippen LogP contribution >= 0.6 is 7.82 Å². The number of aromatic amines is 2. The molecular weight excluding hydrogens is 603 g/mol. The highest BCUT2D eigenvalue weighted by Gasteiger charge is 2.44. The van der Waals surface area contributed by atoms with Gasteiger partial charge in [-0.15, -0.1) is 0 Å². The van der Waals surface area contributed by atoms with Gasteiger partial charge in [0.1, 0.15) is 30.8 Å². The van der Waals surface area contributed by atoms with Crippen LogP contribution in [0, 0.1) is 13.8 Å². The van der Waals surface area contributed by atoms with E-state index in [0.717, 1.165) is 9.13 Å². The van der Waals surface area contributed by atoms with E-state index >= 15 is 0 Å². The molecule has 0 amide bonds. The monoisotopic (exact) mass is 636 g/mol. The summed E-state index contributed by atoms with van der Waals surface area (Å²) in [6.45, 7) is 1.82. The second-order valence-corrected chi connectivity index (χ2v) is 12.2. The number of H-pyrrole nitrogens is 2. The van der Waals surface area contributed by atoms with E-state index in [1.807, 2.05) is 0 Å². The number of nitrogens with zero attached hydrogens (tertiary/aromatic N) is 2. The average molecular weight is 637 g/mol. The minimum absolute atomic E-state index is 0.0203. The molecule has 0 bridgehead atoms. The first-order chi connectivity index (χ1) is 21.0. The summed E-state index contributed by atoms with van der Waals surface area (Å²) >= 11 is 0. The third kappa shape index (κ3) is 7.08. The van der Waals surface area contributed by atoms with Crippen molar-refractivity contribution in [3.8, 4) is 0 Å². The SMILES string of the molecule is Cc1cn([C@H]2C[C@H](OP(=O)(OCc3ccccc3)OC[C@H]3O[C@@H](n4cc(C)c(=O)[nH]c4=O)C[C@@H]3O)[C@@H](CO)O2)c(=O)[nH]c1=O. The van der Waals surface area contributed by atoms with Crippen LogP contribution in [0.3, 0.4) is 0 Å². The van der Waals surface area contributed by atoms with E-state index in [1.165, 1.54) is 26.2 Å². The van der Waals surface area contributed by atoms with Crippen LogP contribution in [0.4, 0.5) is 0 Å². The molecule has 4 N–H and O–H groups in total. The number of ether oxygens (including phenoxy) is 2. The summed E-state index contributed by atoms with van der Waals surface area (Å²) in [5.41, 5.74) is -1.38. The Morgan fingerprint density at radius 3 is 2.05 bits per heavy atom. The van der Waals surface area contributed by atoms with Gasteiger partial charge in [-0.3, -0.25) is 42.3 Å². The van der Waals surface area contributed by atoms with Crippen molar-refractivity contribution in [2.45, 2.75) is 70.2 Å². The van der Waals surface area contributed by atoms with Crippen LogP contribution in [0.25, 0.3) is 0 Å². The van der Waals surface area contributed by atoms with E-state index < -0.39 is 80.4 Å². The Labute approximate surface area is 249 Å². The Morgan fingerprint density at radius 1 is 0.886 bits per heavy atom. The lowest BCUT2D eigenvalue weighted by Gasteiger charge is -2.25. The number of phosphoric acid groups is 1. The molecule has 3 aromatic rings. The number of nitrogens with one attached hydrogen (secondary N) is 2. The molecular formula is C27H33N4O12P. The molecule has 1 aromatic carbocycles. The van der Waals surface area contributed by atoms with Crippen molar-refractivity contribution < 1.29 is 37.8 Å². The number of aliphatic hydroxyl groups excluding tert-OH is 2. The molecule has 44 heavy (non-hydrogen) atoms. The zero-order valence-corrected chi connectivity index (χ0v) is 24.8. The number of benzene rings is 1. The first kappa shape index (κ1) is 31.9. The summed E-state index contributed by atoms with van der Waals surface area (Å²) in [4.78, 5) is 52.7. The first-order valence-electron chi connectivity index (χ1n) is 13.8. The molecule has 5 rings (SSSR count). The van der Waals surface area contributed by atoms with Gasteiger partial charge in [-0.05, 0) is 19.4 Å². The Balaban J connectivity index is 1.33. The zero-order valence-electron chi connectivity index (χ0n) is 23.9. The van der Waals surface area contributed by atoms with E-state index in [4.69, 9.17) is 23.0 Å². The molecule has 0 spiro atoms. The van der Waals surface area contributed by atoms with Gasteiger partial charge >= 0.3 is 19.2 Å². The van der Waals surface area contributed by atoms with Crippen molar-refractivity contribution in [1.82, 2.24) is 19.1 Å². The van der Waals surface area contributed by atoms with E-state index in [9.17, 15) is 34.0 Å². The second kappa shape index (κ2) is 13.3. The molecule has 2 aliphatic rings. The van der Waals surface area contributed by atoms with Crippen molar-refractivity contribution in [3.63, 3.8) is 0 Å². The minimum Gasteiger partial charge on any atom is -0.394 e. The van der Waals surface area contributed by atoms with E-state index in [1.54, 1.807) is 30.3 Å². The average Bonchev–Trinajstić information content (AvgIpc) is 3.57. The highest BCUT2D eigenvalue weighted by atomic mass is 31.2. The summed E-state index contributed by atoms with van der Waals surface area (Å²) in [7, 11) is -4.47. The van der Waals surface area contributed by atoms with Crippen LogP contribution in [-0.2, 0) is 34.2 Å². The summed E-state index contributed by atoms with van der Waals surface area (Å²) < 4.78 is 45.0. The van der Waals surface area contributed by atoms with Crippen LogP contribution in [-0.4, -0.2) is 66.9 Å². The first-order valence-corrected chi connectivity index (χ1v) is 15.3. The molecule has 0 saturated carbocycles. The number of phosphoric ester groups is 1. The van der Waals surface area contributed by atoms with Crippen LogP contribution in [0.2, 0.25) is 0 Å². The minimum atomic E-state index is -4.47. The molecule has 1 unspecified atom stereocenters. The molecule has 0 aliphatic carbocycles. The molecule has 238 valence electrons. The van der Waals surface area contributed by atoms with Gasteiger partial charge in [-0.1, -0.05) is 30.3 Å². The maximum atomic E-state index is 14.0. The van der Waals surface area contributed by atoms with Gasteiger partial charge < -0.3 is 19.7 Å². The predicted octanol–water partition coefficient (Wildman–Crippen LogP) is 0.359. The predicted molar refractivity (Wildman–Crippen MR) is 152 cm³/mol. The molecule has 2 aromatic heterocycles. The molecule has 7 atom stereocenters. The third-order valence-electron chi connectivity index (χ3n) is 7.37. The van der Waals surface area contributed by atoms with Crippen LogP contribution in [0.5, 0.6) is 0 Å². The Bertz CT molecular complexity index is 1750. The summed E-state index contributed by atoms with van der Waals surface area (Å²) in [6.07, 6.45) is -3.65. The molecule has 2 aliphatic heterocycles. The lowest BCUT2D eigenvalue weighted by atomic mass is 10.2. The Morgan fingerprint density at radius 2 is 1.45 bits per heavy atom. The lowest BCUT2D eigenvalue weighted by Crippen LogP contribution is -2.33. The largest absolute Gasteiger partial charge is 0.475 e. The normalized spacial score (nSPS) is 26.5. The highest BCUT2D eigenvalue weighted by Crippen LogP contribution is 2.54. The van der Waals surface area contributed by atoms with E-state index in [0.29, 0.717) is 5.56 Å². The number of rotatable bonds is 11. The molecule has 2 saturated heterocycles. The van der Waals surface area contributed by atoms with Gasteiger partial charge in [-0.2, -0.15) is 0 Å². The van der Waals surface area contributed by atoms with Gasteiger partial charge in [0.25, 0.3) is 11.1 Å². The van der Waals surface area contributed by atoms with Gasteiger partial charge in [0.05, 0.1) is 25.9 Å². The van der Waals surface area contributed by atoms with Gasteiger partial charge in [0.2, 0.25) is 0 Å². The maximum absolute atomic E-state index is 14.0. The quantitative estimate of drug-likeness (QED) is 0.210. The van der Waals surface area contributed by atoms with E-state index in [-0.39, 0.29) is 30.6 Å². The molecule has 17 heteroatoms. The van der Waals surface area contributed by atoms with Crippen molar-refractivity contribution in [2.24, 2.45) is 0 Å². The van der Waals surface area contributed by atoms with Crippen molar-refractivity contribution in [3.05, 3.63) is 101 Å². The molecule has 4 heterocycles. The topological polar surface area (TPSA) is 213 Å². The third-order valence-corrected chi connectivity index (χ3v) is 8.81. The fourth-order valence-corrected chi connectivity index (χ4v) is 6.33. The van der Waals surface area contributed by atoms with Crippen molar-refractivity contribution in [2.75, 3.05) is 13.2 Å². The van der Waals surface area contributed by atoms with Gasteiger partial charge in [-0.25, -0.2) is 14.2 Å². The highest BCUT2D eigenvalue weighted by molar-refractivity contribution is 7.48. The number of hydrogen-bond donors (Lipinski definition) is 4. The van der Waals surface area contributed by atoms with Crippen LogP contribution < -0.4 is 22.5 Å². The maximum Gasteiger partial charge on any atom is 0.475 e. The summed E-state index contributed by atoms with van der Waals surface area (Å²) in [5.74, 6) is 0. The fourth-order valence-electron chi connectivity index (χ4n) is 4.94. The Hall–Kier alpha value is -3.47. The fraction of sp³-hybridized carbons (Fsp3) is 0.481. The number of aromatic nitrogens is 4. The summed E-state index contributed by atoms with van der Waals surface area (Å²) in [6, 6.07) is 8.78. The Kier molecular flexibility index (Phi) is 9.62. The second-order valence-electron chi connectivity index (χ2n) is 10.6.